The molecule has 1 atom stereocenters. The van der Waals surface area contributed by atoms with Crippen molar-refractivity contribution in [2.45, 2.75) is 6.17 Å². The third-order valence-corrected chi connectivity index (χ3v) is 3.50. The van der Waals surface area contributed by atoms with Gasteiger partial charge in [0, 0.05) is 6.54 Å². The molecule has 1 saturated heterocycles. The van der Waals surface area contributed by atoms with Crippen LogP contribution in [-0.4, -0.2) is 49.6 Å². The molecule has 1 aromatic rings. The Hall–Kier alpha value is -2.59. The lowest BCUT2D eigenvalue weighted by Crippen LogP contribution is -2.60. The van der Waals surface area contributed by atoms with Crippen molar-refractivity contribution in [3.8, 4) is 11.8 Å². The van der Waals surface area contributed by atoms with Crippen LogP contribution in [0.25, 0.3) is 0 Å². The van der Waals surface area contributed by atoms with Gasteiger partial charge in [-0.15, -0.1) is 0 Å². The molecule has 0 aliphatic carbocycles. The number of rotatable bonds is 2. The van der Waals surface area contributed by atoms with Crippen molar-refractivity contribution < 1.29 is 14.3 Å². The van der Waals surface area contributed by atoms with Gasteiger partial charge in [-0.3, -0.25) is 4.79 Å². The quantitative estimate of drug-likeness (QED) is 0.794. The van der Waals surface area contributed by atoms with Gasteiger partial charge in [-0.05, 0) is 24.3 Å². The minimum absolute atomic E-state index is 0.107. The lowest BCUT2D eigenvalue weighted by Gasteiger charge is -2.43. The first-order valence-electron chi connectivity index (χ1n) is 6.55. The molecule has 7 nitrogen and oxygen atoms in total. The fourth-order valence-corrected chi connectivity index (χ4v) is 2.42. The summed E-state index contributed by atoms with van der Waals surface area (Å²) in [4.78, 5) is 13.8. The zero-order chi connectivity index (χ0) is 14.8. The highest BCUT2D eigenvalue weighted by atomic mass is 16.5. The van der Waals surface area contributed by atoms with Gasteiger partial charge in [0.05, 0.1) is 26.0 Å². The van der Waals surface area contributed by atoms with Crippen LogP contribution in [0, 0.1) is 11.3 Å². The topological polar surface area (TPSA) is 78.2 Å². The summed E-state index contributed by atoms with van der Waals surface area (Å²) in [5.74, 6) is 0.392. The maximum absolute atomic E-state index is 12.1. The Kier molecular flexibility index (Phi) is 3.46. The summed E-state index contributed by atoms with van der Waals surface area (Å²) in [6, 6.07) is 9.14. The van der Waals surface area contributed by atoms with Crippen LogP contribution < -0.4 is 9.75 Å². The SMILES string of the molecule is COc1ccc(N2N=C(C#N)C(=O)N3CCOCC32)cc1. The molecule has 0 bridgehead atoms. The predicted molar refractivity (Wildman–Crippen MR) is 74.8 cm³/mol. The van der Waals surface area contributed by atoms with Crippen LogP contribution in [0.1, 0.15) is 0 Å². The Morgan fingerprint density at radius 1 is 1.43 bits per heavy atom. The monoisotopic (exact) mass is 286 g/mol. The molecular weight excluding hydrogens is 272 g/mol. The fraction of sp³-hybridized carbons (Fsp3) is 0.357. The summed E-state index contributed by atoms with van der Waals surface area (Å²) in [6.45, 7) is 1.29. The van der Waals surface area contributed by atoms with Gasteiger partial charge in [0.15, 0.2) is 0 Å². The van der Waals surface area contributed by atoms with Gasteiger partial charge in [0.1, 0.15) is 18.0 Å². The van der Waals surface area contributed by atoms with E-state index in [9.17, 15) is 4.79 Å². The Labute approximate surface area is 122 Å². The molecule has 1 aromatic carbocycles. The molecule has 0 aromatic heterocycles. The zero-order valence-corrected chi connectivity index (χ0v) is 11.5. The number of fused-ring (bicyclic) bond motifs is 1. The van der Waals surface area contributed by atoms with Crippen molar-refractivity contribution in [3.63, 3.8) is 0 Å². The van der Waals surface area contributed by atoms with E-state index in [2.05, 4.69) is 5.10 Å². The Balaban J connectivity index is 1.99. The standard InChI is InChI=1S/C14H14N4O3/c1-20-11-4-2-10(3-5-11)18-13-9-21-7-6-17(13)14(19)12(8-15)16-18/h2-5,13H,6-7,9H2,1H3. The van der Waals surface area contributed by atoms with Gasteiger partial charge in [-0.2, -0.15) is 10.4 Å². The van der Waals surface area contributed by atoms with Crippen molar-refractivity contribution >= 4 is 17.3 Å². The van der Waals surface area contributed by atoms with Gasteiger partial charge >= 0.3 is 0 Å². The number of nitrogens with zero attached hydrogens (tertiary/aromatic N) is 4. The molecule has 0 saturated carbocycles. The van der Waals surface area contributed by atoms with E-state index in [1.807, 2.05) is 18.2 Å². The average Bonchev–Trinajstić information content (AvgIpc) is 2.56. The van der Waals surface area contributed by atoms with Crippen LogP contribution in [0.5, 0.6) is 5.75 Å². The average molecular weight is 286 g/mol. The molecule has 108 valence electrons. The second-order valence-corrected chi connectivity index (χ2v) is 4.66. The first-order chi connectivity index (χ1) is 10.2. The van der Waals surface area contributed by atoms with Crippen LogP contribution >= 0.6 is 0 Å². The molecule has 0 radical (unpaired) electrons. The van der Waals surface area contributed by atoms with E-state index in [1.54, 1.807) is 29.2 Å². The van der Waals surface area contributed by atoms with Gasteiger partial charge in [-0.25, -0.2) is 5.01 Å². The van der Waals surface area contributed by atoms with Crippen molar-refractivity contribution in [2.24, 2.45) is 5.10 Å². The van der Waals surface area contributed by atoms with Gasteiger partial charge in [0.2, 0.25) is 5.71 Å². The number of hydrogen-bond donors (Lipinski definition) is 0. The number of benzene rings is 1. The fourth-order valence-electron chi connectivity index (χ4n) is 2.42. The van der Waals surface area contributed by atoms with Crippen LogP contribution in [-0.2, 0) is 9.53 Å². The molecule has 21 heavy (non-hydrogen) atoms. The number of amides is 1. The number of hydrogen-bond acceptors (Lipinski definition) is 6. The number of morpholine rings is 1. The third kappa shape index (κ3) is 2.30. The highest BCUT2D eigenvalue weighted by Crippen LogP contribution is 2.27. The molecule has 3 rings (SSSR count). The van der Waals surface area contributed by atoms with E-state index in [1.165, 1.54) is 0 Å². The molecule has 1 fully saturated rings. The van der Waals surface area contributed by atoms with Crippen LogP contribution in [0.4, 0.5) is 5.69 Å². The summed E-state index contributed by atoms with van der Waals surface area (Å²) in [7, 11) is 1.59. The van der Waals surface area contributed by atoms with Crippen LogP contribution in [0.15, 0.2) is 29.4 Å². The van der Waals surface area contributed by atoms with Crippen molar-refractivity contribution in [1.82, 2.24) is 4.90 Å². The summed E-state index contributed by atoms with van der Waals surface area (Å²) in [5, 5.41) is 14.9. The Bertz CT molecular complexity index is 620. The smallest absolute Gasteiger partial charge is 0.287 e. The van der Waals surface area contributed by atoms with Gasteiger partial charge in [0.25, 0.3) is 5.91 Å². The lowest BCUT2D eigenvalue weighted by molar-refractivity contribution is -0.133. The highest BCUT2D eigenvalue weighted by Gasteiger charge is 2.39. The number of methoxy groups -OCH3 is 1. The van der Waals surface area contributed by atoms with E-state index < -0.39 is 0 Å². The lowest BCUT2D eigenvalue weighted by atomic mass is 10.2. The largest absolute Gasteiger partial charge is 0.497 e. The van der Waals surface area contributed by atoms with Gasteiger partial charge in [-0.1, -0.05) is 0 Å². The first kappa shape index (κ1) is 13.4. The molecule has 2 heterocycles. The number of ether oxygens (including phenoxy) is 2. The third-order valence-electron chi connectivity index (χ3n) is 3.50. The minimum Gasteiger partial charge on any atom is -0.497 e. The van der Waals surface area contributed by atoms with Crippen molar-refractivity contribution in [3.05, 3.63) is 24.3 Å². The number of anilines is 1. The summed E-state index contributed by atoms with van der Waals surface area (Å²) in [5.41, 5.74) is 0.667. The molecule has 0 N–H and O–H groups in total. The maximum Gasteiger partial charge on any atom is 0.287 e. The molecule has 7 heteroatoms. The molecular formula is C14H14N4O3. The zero-order valence-electron chi connectivity index (χ0n) is 11.5. The maximum atomic E-state index is 12.1. The minimum atomic E-state index is -0.337. The number of carbonyl (C=O) groups excluding carboxylic acids is 1. The van der Waals surface area contributed by atoms with E-state index >= 15 is 0 Å². The first-order valence-corrected chi connectivity index (χ1v) is 6.55. The van der Waals surface area contributed by atoms with Gasteiger partial charge < -0.3 is 14.4 Å². The summed E-state index contributed by atoms with van der Waals surface area (Å²) < 4.78 is 10.6. The summed E-state index contributed by atoms with van der Waals surface area (Å²) >= 11 is 0. The molecule has 1 unspecified atom stereocenters. The van der Waals surface area contributed by atoms with Crippen molar-refractivity contribution in [1.29, 1.82) is 5.26 Å². The number of nitriles is 1. The Morgan fingerprint density at radius 3 is 2.86 bits per heavy atom. The second kappa shape index (κ2) is 5.42. The second-order valence-electron chi connectivity index (χ2n) is 4.66. The van der Waals surface area contributed by atoms with E-state index in [4.69, 9.17) is 14.7 Å². The molecule has 2 aliphatic heterocycles. The normalized spacial score (nSPS) is 21.4. The van der Waals surface area contributed by atoms with E-state index in [0.29, 0.717) is 19.8 Å². The van der Waals surface area contributed by atoms with E-state index in [-0.39, 0.29) is 17.8 Å². The predicted octanol–water partition coefficient (Wildman–Crippen LogP) is 0.580. The van der Waals surface area contributed by atoms with Crippen molar-refractivity contribution in [2.75, 3.05) is 31.9 Å². The highest BCUT2D eigenvalue weighted by molar-refractivity contribution is 6.45. The number of carbonyl (C=O) groups is 1. The van der Waals surface area contributed by atoms with E-state index in [0.717, 1.165) is 11.4 Å². The molecule has 2 aliphatic rings. The summed E-state index contributed by atoms with van der Waals surface area (Å²) in [6.07, 6.45) is -0.322. The molecule has 1 amide bonds. The van der Waals surface area contributed by atoms with Crippen LogP contribution in [0.3, 0.4) is 0 Å². The van der Waals surface area contributed by atoms with Crippen LogP contribution in [0.2, 0.25) is 0 Å². The molecule has 0 spiro atoms. The Morgan fingerprint density at radius 2 is 2.19 bits per heavy atom. The number of hydrazone groups is 1.